The lowest BCUT2D eigenvalue weighted by Gasteiger charge is -2.19. The highest BCUT2D eigenvalue weighted by molar-refractivity contribution is 9.10. The molecule has 6 heteroatoms. The monoisotopic (exact) mass is 320 g/mol. The van der Waals surface area contributed by atoms with Crippen molar-refractivity contribution in [3.8, 4) is 0 Å². The predicted octanol–water partition coefficient (Wildman–Crippen LogP) is 1.77. The third kappa shape index (κ3) is 4.39. The second-order valence-corrected chi connectivity index (χ2v) is 7.35. The van der Waals surface area contributed by atoms with E-state index in [1.54, 1.807) is 32.0 Å². The summed E-state index contributed by atoms with van der Waals surface area (Å²) in [5.74, 6) is 0. The van der Waals surface area contributed by atoms with E-state index >= 15 is 0 Å². The number of nitrogens with one attached hydrogen (secondary N) is 1. The van der Waals surface area contributed by atoms with Crippen molar-refractivity contribution in [2.24, 2.45) is 5.73 Å². The van der Waals surface area contributed by atoms with Crippen molar-refractivity contribution in [3.63, 3.8) is 0 Å². The lowest BCUT2D eigenvalue weighted by atomic mass is 10.1. The van der Waals surface area contributed by atoms with Crippen molar-refractivity contribution in [2.75, 3.05) is 6.54 Å². The Labute approximate surface area is 111 Å². The minimum atomic E-state index is -3.48. The summed E-state index contributed by atoms with van der Waals surface area (Å²) in [7, 11) is -3.48. The Bertz CT molecular complexity index is 507. The third-order valence-corrected chi connectivity index (χ3v) is 4.45. The van der Waals surface area contributed by atoms with Gasteiger partial charge >= 0.3 is 0 Å². The summed E-state index contributed by atoms with van der Waals surface area (Å²) in [5.41, 5.74) is 6.04. The van der Waals surface area contributed by atoms with Crippen LogP contribution < -0.4 is 10.5 Å². The molecule has 0 saturated carbocycles. The fourth-order valence-corrected chi connectivity index (χ4v) is 2.70. The van der Waals surface area contributed by atoms with Gasteiger partial charge in [-0.25, -0.2) is 13.1 Å². The molecule has 96 valence electrons. The number of halogens is 1. The predicted molar refractivity (Wildman–Crippen MR) is 72.3 cm³/mol. The Hall–Kier alpha value is -0.430. The first kappa shape index (κ1) is 14.6. The second kappa shape index (κ2) is 5.06. The van der Waals surface area contributed by atoms with Crippen LogP contribution in [0.2, 0.25) is 0 Å². The van der Waals surface area contributed by atoms with Crippen molar-refractivity contribution in [1.29, 1.82) is 0 Å². The van der Waals surface area contributed by atoms with Crippen LogP contribution in [0.25, 0.3) is 0 Å². The Balaban J connectivity index is 2.94. The number of hydrogen-bond donors (Lipinski definition) is 2. The van der Waals surface area contributed by atoms with Crippen LogP contribution in [-0.2, 0) is 10.0 Å². The van der Waals surface area contributed by atoms with Gasteiger partial charge < -0.3 is 5.73 Å². The number of rotatable bonds is 4. The van der Waals surface area contributed by atoms with E-state index in [9.17, 15) is 8.42 Å². The van der Waals surface area contributed by atoms with E-state index < -0.39 is 15.6 Å². The minimum Gasteiger partial charge on any atom is -0.324 e. The molecule has 17 heavy (non-hydrogen) atoms. The zero-order valence-electron chi connectivity index (χ0n) is 10.1. The van der Waals surface area contributed by atoms with Crippen molar-refractivity contribution in [2.45, 2.75) is 31.2 Å². The zero-order chi connectivity index (χ0) is 13.3. The highest BCUT2D eigenvalue weighted by Gasteiger charge is 2.18. The maximum Gasteiger partial charge on any atom is 0.240 e. The number of nitrogens with two attached hydrogens (primary N) is 1. The summed E-state index contributed by atoms with van der Waals surface area (Å²) in [6, 6.07) is 4.90. The third-order valence-electron chi connectivity index (χ3n) is 2.16. The van der Waals surface area contributed by atoms with Crippen LogP contribution in [-0.4, -0.2) is 20.5 Å². The van der Waals surface area contributed by atoms with E-state index in [2.05, 4.69) is 20.7 Å². The molecule has 0 unspecified atom stereocenters. The van der Waals surface area contributed by atoms with Crippen LogP contribution >= 0.6 is 15.9 Å². The van der Waals surface area contributed by atoms with Gasteiger partial charge in [-0.2, -0.15) is 0 Å². The van der Waals surface area contributed by atoms with Gasteiger partial charge in [0.05, 0.1) is 4.90 Å². The van der Waals surface area contributed by atoms with Gasteiger partial charge in [-0.05, 0) is 44.5 Å². The summed E-state index contributed by atoms with van der Waals surface area (Å²) in [6.45, 7) is 5.57. The molecular weight excluding hydrogens is 304 g/mol. The fraction of sp³-hybridized carbons (Fsp3) is 0.455. The average Bonchev–Trinajstić information content (AvgIpc) is 2.18. The fourth-order valence-electron chi connectivity index (χ4n) is 1.15. The van der Waals surface area contributed by atoms with Crippen LogP contribution in [0.4, 0.5) is 0 Å². The molecular formula is C11H17BrN2O2S. The minimum absolute atomic E-state index is 0.199. The molecule has 0 fully saturated rings. The molecule has 1 aromatic rings. The first-order valence-electron chi connectivity index (χ1n) is 5.16. The smallest absolute Gasteiger partial charge is 0.240 e. The normalized spacial score (nSPS) is 12.8. The summed E-state index contributed by atoms with van der Waals surface area (Å²) in [6.07, 6.45) is 0. The maximum absolute atomic E-state index is 12.0. The van der Waals surface area contributed by atoms with Gasteiger partial charge in [0, 0.05) is 16.6 Å². The molecule has 0 amide bonds. The lowest BCUT2D eigenvalue weighted by Crippen LogP contribution is -2.45. The molecule has 1 rings (SSSR count). The van der Waals surface area contributed by atoms with Gasteiger partial charge in [-0.3, -0.25) is 0 Å². The molecule has 1 aromatic carbocycles. The molecule has 4 nitrogen and oxygen atoms in total. The van der Waals surface area contributed by atoms with Gasteiger partial charge in [0.15, 0.2) is 0 Å². The van der Waals surface area contributed by atoms with Crippen molar-refractivity contribution in [1.82, 2.24) is 4.72 Å². The molecule has 0 radical (unpaired) electrons. The number of hydrogen-bond acceptors (Lipinski definition) is 3. The number of aryl methyl sites for hydroxylation is 1. The quantitative estimate of drug-likeness (QED) is 0.888. The maximum atomic E-state index is 12.0. The van der Waals surface area contributed by atoms with Crippen LogP contribution in [0.1, 0.15) is 19.4 Å². The average molecular weight is 321 g/mol. The van der Waals surface area contributed by atoms with Crippen molar-refractivity contribution >= 4 is 26.0 Å². The molecule has 3 N–H and O–H groups in total. The molecule has 0 aliphatic carbocycles. The molecule has 0 atom stereocenters. The van der Waals surface area contributed by atoms with E-state index in [0.717, 1.165) is 10.0 Å². The summed E-state index contributed by atoms with van der Waals surface area (Å²) >= 11 is 3.33. The van der Waals surface area contributed by atoms with Crippen LogP contribution in [0.15, 0.2) is 27.6 Å². The van der Waals surface area contributed by atoms with Gasteiger partial charge in [0.1, 0.15) is 0 Å². The van der Waals surface area contributed by atoms with E-state index in [1.807, 2.05) is 6.92 Å². The molecule has 0 saturated heterocycles. The molecule has 0 aliphatic rings. The van der Waals surface area contributed by atoms with Gasteiger partial charge in [-0.1, -0.05) is 15.9 Å². The first-order chi connectivity index (χ1) is 7.62. The SMILES string of the molecule is Cc1cc(S(=O)(=O)NCC(C)(C)N)ccc1Br. The summed E-state index contributed by atoms with van der Waals surface area (Å²) in [5, 5.41) is 0. The zero-order valence-corrected chi connectivity index (χ0v) is 12.5. The Morgan fingerprint density at radius 1 is 1.41 bits per heavy atom. The van der Waals surface area contributed by atoms with Crippen LogP contribution in [0.3, 0.4) is 0 Å². The number of benzene rings is 1. The lowest BCUT2D eigenvalue weighted by molar-refractivity contribution is 0.498. The summed E-state index contributed by atoms with van der Waals surface area (Å²) < 4.78 is 27.3. The largest absolute Gasteiger partial charge is 0.324 e. The highest BCUT2D eigenvalue weighted by atomic mass is 79.9. The van der Waals surface area contributed by atoms with Crippen molar-refractivity contribution in [3.05, 3.63) is 28.2 Å². The van der Waals surface area contributed by atoms with Gasteiger partial charge in [0.2, 0.25) is 10.0 Å². The van der Waals surface area contributed by atoms with E-state index in [-0.39, 0.29) is 11.4 Å². The second-order valence-electron chi connectivity index (χ2n) is 4.72. The van der Waals surface area contributed by atoms with E-state index in [1.165, 1.54) is 0 Å². The highest BCUT2D eigenvalue weighted by Crippen LogP contribution is 2.19. The topological polar surface area (TPSA) is 72.2 Å². The van der Waals surface area contributed by atoms with E-state index in [0.29, 0.717) is 0 Å². The molecule has 0 bridgehead atoms. The number of sulfonamides is 1. The molecule has 0 heterocycles. The van der Waals surface area contributed by atoms with Crippen molar-refractivity contribution < 1.29 is 8.42 Å². The Kier molecular flexibility index (Phi) is 4.35. The van der Waals surface area contributed by atoms with Gasteiger partial charge in [0.25, 0.3) is 0 Å². The van der Waals surface area contributed by atoms with Crippen LogP contribution in [0, 0.1) is 6.92 Å². The Morgan fingerprint density at radius 3 is 2.47 bits per heavy atom. The standard InChI is InChI=1S/C11H17BrN2O2S/c1-8-6-9(4-5-10(8)12)17(15,16)14-7-11(2,3)13/h4-6,14H,7,13H2,1-3H3. The van der Waals surface area contributed by atoms with Crippen LogP contribution in [0.5, 0.6) is 0 Å². The van der Waals surface area contributed by atoms with Gasteiger partial charge in [-0.15, -0.1) is 0 Å². The Morgan fingerprint density at radius 2 is 2.00 bits per heavy atom. The summed E-state index contributed by atoms with van der Waals surface area (Å²) in [4.78, 5) is 0.252. The molecule has 0 spiro atoms. The molecule has 0 aromatic heterocycles. The first-order valence-corrected chi connectivity index (χ1v) is 7.44. The van der Waals surface area contributed by atoms with E-state index in [4.69, 9.17) is 5.73 Å². The molecule has 0 aliphatic heterocycles.